The summed E-state index contributed by atoms with van der Waals surface area (Å²) in [6, 6.07) is 14.4. The van der Waals surface area contributed by atoms with Gasteiger partial charge in [0.15, 0.2) is 0 Å². The molecule has 1 N–H and O–H groups in total. The van der Waals surface area contributed by atoms with Gasteiger partial charge in [-0.1, -0.05) is 42.5 Å². The van der Waals surface area contributed by atoms with E-state index in [0.29, 0.717) is 17.5 Å². The van der Waals surface area contributed by atoms with E-state index in [1.54, 1.807) is 24.3 Å². The van der Waals surface area contributed by atoms with Crippen LogP contribution in [0.1, 0.15) is 16.7 Å². The van der Waals surface area contributed by atoms with Gasteiger partial charge in [-0.05, 0) is 45.3 Å². The second-order valence-electron chi connectivity index (χ2n) is 5.17. The molecular weight excluding hydrogens is 410 g/mol. The molecule has 0 aliphatic carbocycles. The lowest BCUT2D eigenvalue weighted by molar-refractivity contribution is -0.147. The molecule has 1 unspecified atom stereocenters. The van der Waals surface area contributed by atoms with Gasteiger partial charge in [-0.15, -0.1) is 0 Å². The quantitative estimate of drug-likeness (QED) is 0.568. The number of rotatable bonds is 6. The Kier molecular flexibility index (Phi) is 6.12. The molecule has 0 saturated heterocycles. The lowest BCUT2D eigenvalue weighted by Gasteiger charge is -2.30. The first-order valence-electron chi connectivity index (χ1n) is 7.19. The summed E-state index contributed by atoms with van der Waals surface area (Å²) in [5.74, 6) is -0.528. The number of carbonyl (C=O) groups is 1. The van der Waals surface area contributed by atoms with Crippen LogP contribution in [-0.2, 0) is 21.4 Å². The molecule has 2 aromatic rings. The molecule has 0 radical (unpaired) electrons. The molecule has 23 heavy (non-hydrogen) atoms. The minimum absolute atomic E-state index is 0.328. The van der Waals surface area contributed by atoms with Crippen LogP contribution in [0.5, 0.6) is 0 Å². The maximum atomic E-state index is 12.6. The van der Waals surface area contributed by atoms with E-state index in [4.69, 9.17) is 4.74 Å². The number of benzene rings is 2. The average molecular weight is 428 g/mol. The number of hydrogen-bond acceptors (Lipinski definition) is 3. The molecule has 2 aromatic carbocycles. The van der Waals surface area contributed by atoms with Gasteiger partial charge in [0.25, 0.3) is 0 Å². The van der Waals surface area contributed by atoms with Crippen molar-refractivity contribution in [1.29, 1.82) is 0 Å². The molecule has 0 spiro atoms. The van der Waals surface area contributed by atoms with Gasteiger partial charge < -0.3 is 9.84 Å². The number of alkyl halides is 1. The van der Waals surface area contributed by atoms with E-state index in [1.165, 1.54) is 7.11 Å². The van der Waals surface area contributed by atoms with Crippen LogP contribution >= 0.6 is 22.6 Å². The van der Waals surface area contributed by atoms with Crippen molar-refractivity contribution in [3.05, 3.63) is 68.8 Å². The van der Waals surface area contributed by atoms with Crippen LogP contribution < -0.4 is 0 Å². The molecular formula is C18H18FIO3. The van der Waals surface area contributed by atoms with E-state index >= 15 is 0 Å². The fourth-order valence-corrected chi connectivity index (χ4v) is 3.45. The molecule has 122 valence electrons. The standard InChI is InChI=1S/C18H18FIO3/c1-23-17(22)18(12-21,14-5-3-2-4-6-14)15-8-7-13(9-10-19)16(20)11-15/h2-8,11,21H,9-10,12H2,1H3. The van der Waals surface area contributed by atoms with E-state index in [1.807, 2.05) is 24.3 Å². The van der Waals surface area contributed by atoms with Gasteiger partial charge in [0.05, 0.1) is 20.4 Å². The zero-order valence-corrected chi connectivity index (χ0v) is 14.9. The largest absolute Gasteiger partial charge is 0.468 e. The maximum Gasteiger partial charge on any atom is 0.323 e. The predicted molar refractivity (Wildman–Crippen MR) is 95.2 cm³/mol. The van der Waals surface area contributed by atoms with Gasteiger partial charge in [0.1, 0.15) is 5.41 Å². The number of ether oxygens (including phenoxy) is 1. The zero-order chi connectivity index (χ0) is 16.9. The maximum absolute atomic E-state index is 12.6. The molecule has 0 amide bonds. The number of esters is 1. The third kappa shape index (κ3) is 3.40. The van der Waals surface area contributed by atoms with Crippen LogP contribution in [0.15, 0.2) is 48.5 Å². The zero-order valence-electron chi connectivity index (χ0n) is 12.8. The van der Waals surface area contributed by atoms with Crippen molar-refractivity contribution < 1.29 is 19.0 Å². The number of aryl methyl sites for hydroxylation is 1. The van der Waals surface area contributed by atoms with Gasteiger partial charge in [-0.25, -0.2) is 0 Å². The summed E-state index contributed by atoms with van der Waals surface area (Å²) >= 11 is 2.12. The second kappa shape index (κ2) is 7.88. The third-order valence-electron chi connectivity index (χ3n) is 3.95. The van der Waals surface area contributed by atoms with Crippen molar-refractivity contribution >= 4 is 28.6 Å². The van der Waals surface area contributed by atoms with Crippen molar-refractivity contribution in [2.75, 3.05) is 20.4 Å². The smallest absolute Gasteiger partial charge is 0.323 e. The van der Waals surface area contributed by atoms with Crippen LogP contribution in [0.25, 0.3) is 0 Å². The number of methoxy groups -OCH3 is 1. The second-order valence-corrected chi connectivity index (χ2v) is 6.33. The lowest BCUT2D eigenvalue weighted by Crippen LogP contribution is -2.41. The van der Waals surface area contributed by atoms with E-state index in [9.17, 15) is 14.3 Å². The monoisotopic (exact) mass is 428 g/mol. The van der Waals surface area contributed by atoms with Crippen molar-refractivity contribution in [2.24, 2.45) is 0 Å². The van der Waals surface area contributed by atoms with Gasteiger partial charge in [-0.3, -0.25) is 9.18 Å². The van der Waals surface area contributed by atoms with Gasteiger partial charge in [-0.2, -0.15) is 0 Å². The molecule has 0 aliphatic heterocycles. The van der Waals surface area contributed by atoms with Crippen LogP contribution in [0, 0.1) is 3.57 Å². The Morgan fingerprint density at radius 3 is 2.43 bits per heavy atom. The fourth-order valence-electron chi connectivity index (χ4n) is 2.66. The highest BCUT2D eigenvalue weighted by atomic mass is 127. The van der Waals surface area contributed by atoms with Crippen molar-refractivity contribution in [2.45, 2.75) is 11.8 Å². The number of halogens is 2. The van der Waals surface area contributed by atoms with E-state index in [2.05, 4.69) is 22.6 Å². The molecule has 0 aromatic heterocycles. The minimum Gasteiger partial charge on any atom is -0.468 e. The summed E-state index contributed by atoms with van der Waals surface area (Å²) < 4.78 is 18.4. The van der Waals surface area contributed by atoms with Crippen LogP contribution in [0.2, 0.25) is 0 Å². The number of hydrogen-bond donors (Lipinski definition) is 1. The topological polar surface area (TPSA) is 46.5 Å². The number of carbonyl (C=O) groups excluding carboxylic acids is 1. The molecule has 5 heteroatoms. The van der Waals surface area contributed by atoms with E-state index < -0.39 is 24.7 Å². The van der Waals surface area contributed by atoms with Gasteiger partial charge >= 0.3 is 5.97 Å². The number of aliphatic hydroxyl groups is 1. The van der Waals surface area contributed by atoms with Crippen LogP contribution in [0.3, 0.4) is 0 Å². The van der Waals surface area contributed by atoms with Crippen molar-refractivity contribution in [3.63, 3.8) is 0 Å². The SMILES string of the molecule is COC(=O)C(CO)(c1ccccc1)c1ccc(CCF)c(I)c1. The first kappa shape index (κ1) is 17.9. The number of aliphatic hydroxyl groups excluding tert-OH is 1. The molecule has 1 atom stereocenters. The van der Waals surface area contributed by atoms with Crippen LogP contribution in [-0.4, -0.2) is 31.5 Å². The summed E-state index contributed by atoms with van der Waals surface area (Å²) in [5.41, 5.74) is 0.875. The molecule has 0 aliphatic rings. The summed E-state index contributed by atoms with van der Waals surface area (Å²) in [6.07, 6.45) is 0.328. The summed E-state index contributed by atoms with van der Waals surface area (Å²) in [4.78, 5) is 12.5. The Labute approximate surface area is 148 Å². The van der Waals surface area contributed by atoms with Gasteiger partial charge in [0.2, 0.25) is 0 Å². The first-order valence-corrected chi connectivity index (χ1v) is 8.27. The first-order chi connectivity index (χ1) is 11.1. The Hall–Kier alpha value is -1.47. The predicted octanol–water partition coefficient (Wildman–Crippen LogP) is 3.25. The summed E-state index contributed by atoms with van der Waals surface area (Å²) in [7, 11) is 1.30. The van der Waals surface area contributed by atoms with Crippen molar-refractivity contribution in [1.82, 2.24) is 0 Å². The molecule has 0 saturated carbocycles. The van der Waals surface area contributed by atoms with Crippen molar-refractivity contribution in [3.8, 4) is 0 Å². The van der Waals surface area contributed by atoms with Crippen LogP contribution in [0.4, 0.5) is 4.39 Å². The van der Waals surface area contributed by atoms with Gasteiger partial charge in [0, 0.05) is 9.99 Å². The molecule has 0 fully saturated rings. The van der Waals surface area contributed by atoms with E-state index in [-0.39, 0.29) is 0 Å². The fraction of sp³-hybridized carbons (Fsp3) is 0.278. The Morgan fingerprint density at radius 2 is 1.91 bits per heavy atom. The molecule has 0 bridgehead atoms. The Bertz CT molecular complexity index is 675. The molecule has 0 heterocycles. The minimum atomic E-state index is -1.29. The Balaban J connectivity index is 2.63. The average Bonchev–Trinajstić information content (AvgIpc) is 2.59. The van der Waals surface area contributed by atoms with E-state index in [0.717, 1.165) is 9.13 Å². The lowest BCUT2D eigenvalue weighted by atomic mass is 9.75. The molecule has 2 rings (SSSR count). The highest BCUT2D eigenvalue weighted by Crippen LogP contribution is 2.35. The summed E-state index contributed by atoms with van der Waals surface area (Å²) in [6.45, 7) is -0.849. The highest BCUT2D eigenvalue weighted by Gasteiger charge is 2.43. The third-order valence-corrected chi connectivity index (χ3v) is 4.95. The Morgan fingerprint density at radius 1 is 1.22 bits per heavy atom. The molecule has 3 nitrogen and oxygen atoms in total. The normalized spacial score (nSPS) is 13.4. The summed E-state index contributed by atoms with van der Waals surface area (Å²) in [5, 5.41) is 10.1. The highest BCUT2D eigenvalue weighted by molar-refractivity contribution is 14.1.